The quantitative estimate of drug-likeness (QED) is 0.827. The number of aryl methyl sites for hydroxylation is 1. The van der Waals surface area contributed by atoms with Crippen molar-refractivity contribution in [3.63, 3.8) is 0 Å². The molecular weight excluding hydrogens is 386 g/mol. The van der Waals surface area contributed by atoms with Crippen LogP contribution in [0.4, 0.5) is 0 Å². The molecule has 2 atom stereocenters. The van der Waals surface area contributed by atoms with Crippen LogP contribution in [0.5, 0.6) is 0 Å². The van der Waals surface area contributed by atoms with Gasteiger partial charge < -0.3 is 10.2 Å². The van der Waals surface area contributed by atoms with Crippen LogP contribution in [0.15, 0.2) is 57.8 Å². The van der Waals surface area contributed by atoms with E-state index in [4.69, 9.17) is 0 Å². The summed E-state index contributed by atoms with van der Waals surface area (Å²) < 4.78 is 28.9. The van der Waals surface area contributed by atoms with Gasteiger partial charge in [0, 0.05) is 12.1 Å². The maximum Gasteiger partial charge on any atom is 0.285 e. The standard InChI is InChI=1S/C22H23N3O3S/c26-22(23-18-11-5-8-15-7-1-2-9-16(15)18)19-12-6-14-25(19)21-17-10-3-4-13-20(17)29(27,28)24-21/h1-4,7,9-10,13,18-19H,5-6,8,11-12,14H2,(H,23,26)/t18-,19+/m1/s1. The first-order valence-electron chi connectivity index (χ1n) is 10.1. The molecule has 29 heavy (non-hydrogen) atoms. The van der Waals surface area contributed by atoms with Gasteiger partial charge in [0.15, 0.2) is 5.84 Å². The average molecular weight is 410 g/mol. The molecule has 0 saturated carbocycles. The van der Waals surface area contributed by atoms with Crippen LogP contribution < -0.4 is 5.32 Å². The zero-order valence-electron chi connectivity index (χ0n) is 16.0. The van der Waals surface area contributed by atoms with Crippen LogP contribution in [0, 0.1) is 0 Å². The lowest BCUT2D eigenvalue weighted by Crippen LogP contribution is -2.47. The minimum absolute atomic E-state index is 0.0106. The predicted octanol–water partition coefficient (Wildman–Crippen LogP) is 2.79. The van der Waals surface area contributed by atoms with Crippen LogP contribution >= 0.6 is 0 Å². The van der Waals surface area contributed by atoms with Gasteiger partial charge in [0.2, 0.25) is 5.91 Å². The van der Waals surface area contributed by atoms with Gasteiger partial charge in [-0.2, -0.15) is 8.42 Å². The van der Waals surface area contributed by atoms with Gasteiger partial charge in [0.05, 0.1) is 6.04 Å². The molecule has 1 fully saturated rings. The summed E-state index contributed by atoms with van der Waals surface area (Å²) in [6, 6.07) is 14.7. The highest BCUT2D eigenvalue weighted by Crippen LogP contribution is 2.33. The molecule has 0 aromatic heterocycles. The van der Waals surface area contributed by atoms with E-state index < -0.39 is 16.1 Å². The summed E-state index contributed by atoms with van der Waals surface area (Å²) in [5.41, 5.74) is 3.09. The van der Waals surface area contributed by atoms with Crippen molar-refractivity contribution >= 4 is 21.8 Å². The number of nitrogens with one attached hydrogen (secondary N) is 1. The van der Waals surface area contributed by atoms with Crippen molar-refractivity contribution in [2.75, 3.05) is 6.54 Å². The Morgan fingerprint density at radius 2 is 1.83 bits per heavy atom. The van der Waals surface area contributed by atoms with E-state index in [1.807, 2.05) is 17.0 Å². The van der Waals surface area contributed by atoms with Gasteiger partial charge >= 0.3 is 0 Å². The molecular formula is C22H23N3O3S. The first kappa shape index (κ1) is 18.4. The predicted molar refractivity (Wildman–Crippen MR) is 110 cm³/mol. The molecule has 2 aliphatic heterocycles. The van der Waals surface area contributed by atoms with Gasteiger partial charge in [0.25, 0.3) is 10.0 Å². The molecule has 2 aromatic rings. The van der Waals surface area contributed by atoms with Gasteiger partial charge in [-0.15, -0.1) is 4.40 Å². The zero-order chi connectivity index (χ0) is 20.0. The summed E-state index contributed by atoms with van der Waals surface area (Å²) in [4.78, 5) is 15.3. The number of carbonyl (C=O) groups excluding carboxylic acids is 1. The third kappa shape index (κ3) is 3.13. The van der Waals surface area contributed by atoms with Crippen LogP contribution in [-0.4, -0.2) is 37.6 Å². The van der Waals surface area contributed by atoms with Crippen LogP contribution in [0.3, 0.4) is 0 Å². The molecule has 2 heterocycles. The fourth-order valence-corrected chi connectivity index (χ4v) is 5.98. The lowest BCUT2D eigenvalue weighted by Gasteiger charge is -2.30. The smallest absolute Gasteiger partial charge is 0.285 e. The molecule has 0 spiro atoms. The van der Waals surface area contributed by atoms with Gasteiger partial charge in [0.1, 0.15) is 10.9 Å². The number of amides is 1. The number of amidine groups is 1. The minimum Gasteiger partial charge on any atom is -0.347 e. The molecule has 2 aromatic carbocycles. The van der Waals surface area contributed by atoms with E-state index in [9.17, 15) is 13.2 Å². The van der Waals surface area contributed by atoms with E-state index in [0.29, 0.717) is 24.4 Å². The highest BCUT2D eigenvalue weighted by molar-refractivity contribution is 7.90. The van der Waals surface area contributed by atoms with Crippen LogP contribution in [0.1, 0.15) is 48.4 Å². The highest BCUT2D eigenvalue weighted by atomic mass is 32.2. The van der Waals surface area contributed by atoms with Gasteiger partial charge in [-0.1, -0.05) is 36.4 Å². The topological polar surface area (TPSA) is 78.8 Å². The number of rotatable bonds is 2. The number of fused-ring (bicyclic) bond motifs is 2. The molecule has 1 N–H and O–H groups in total. The highest BCUT2D eigenvalue weighted by Gasteiger charge is 2.39. The van der Waals surface area contributed by atoms with Gasteiger partial charge in [-0.25, -0.2) is 0 Å². The SMILES string of the molecule is O=C(N[C@@H]1CCCc2ccccc21)[C@@H]1CCCN1C1=NS(=O)(=O)c2ccccc21. The van der Waals surface area contributed by atoms with Crippen LogP contribution in [0.25, 0.3) is 0 Å². The molecule has 6 nitrogen and oxygen atoms in total. The van der Waals surface area contributed by atoms with E-state index in [-0.39, 0.29) is 16.8 Å². The fraction of sp³-hybridized carbons (Fsp3) is 0.364. The third-order valence-corrected chi connectivity index (χ3v) is 7.45. The summed E-state index contributed by atoms with van der Waals surface area (Å²) in [5, 5.41) is 3.23. The fourth-order valence-electron chi connectivity index (χ4n) is 4.76. The Balaban J connectivity index is 1.41. The van der Waals surface area contributed by atoms with Crippen molar-refractivity contribution in [3.8, 4) is 0 Å². The Bertz CT molecular complexity index is 1110. The van der Waals surface area contributed by atoms with Crippen molar-refractivity contribution in [2.24, 2.45) is 4.40 Å². The number of sulfonamides is 1. The summed E-state index contributed by atoms with van der Waals surface area (Å²) in [6.07, 6.45) is 4.55. The number of hydrogen-bond donors (Lipinski definition) is 1. The molecule has 0 bridgehead atoms. The maximum atomic E-state index is 13.2. The molecule has 5 rings (SSSR count). The van der Waals surface area contributed by atoms with Crippen molar-refractivity contribution in [1.82, 2.24) is 10.2 Å². The first-order chi connectivity index (χ1) is 14.0. The Morgan fingerprint density at radius 3 is 2.72 bits per heavy atom. The molecule has 1 saturated heterocycles. The summed E-state index contributed by atoms with van der Waals surface area (Å²) in [7, 11) is -3.69. The lowest BCUT2D eigenvalue weighted by atomic mass is 9.87. The van der Waals surface area contributed by atoms with Crippen molar-refractivity contribution in [3.05, 3.63) is 65.2 Å². The second kappa shape index (κ2) is 6.99. The Hall–Kier alpha value is -2.67. The minimum atomic E-state index is -3.69. The molecule has 1 aliphatic carbocycles. The second-order valence-electron chi connectivity index (χ2n) is 7.89. The van der Waals surface area contributed by atoms with Crippen molar-refractivity contribution in [2.45, 2.75) is 49.1 Å². The van der Waals surface area contributed by atoms with Gasteiger partial charge in [-0.3, -0.25) is 4.79 Å². The zero-order valence-corrected chi connectivity index (χ0v) is 16.9. The monoisotopic (exact) mass is 409 g/mol. The van der Waals surface area contributed by atoms with Crippen molar-refractivity contribution < 1.29 is 13.2 Å². The lowest BCUT2D eigenvalue weighted by molar-refractivity contribution is -0.125. The maximum absolute atomic E-state index is 13.2. The van der Waals surface area contributed by atoms with Crippen molar-refractivity contribution in [1.29, 1.82) is 0 Å². The number of hydrogen-bond acceptors (Lipinski definition) is 4. The summed E-state index contributed by atoms with van der Waals surface area (Å²) in [5.74, 6) is 0.357. The Labute approximate surface area is 170 Å². The largest absolute Gasteiger partial charge is 0.347 e. The summed E-state index contributed by atoms with van der Waals surface area (Å²) in [6.45, 7) is 0.627. The molecule has 7 heteroatoms. The average Bonchev–Trinajstić information content (AvgIpc) is 3.31. The van der Waals surface area contributed by atoms with E-state index in [1.54, 1.807) is 24.3 Å². The summed E-state index contributed by atoms with van der Waals surface area (Å²) >= 11 is 0. The third-order valence-electron chi connectivity index (χ3n) is 6.13. The molecule has 0 unspecified atom stereocenters. The van der Waals surface area contributed by atoms with Gasteiger partial charge in [-0.05, 0) is 55.4 Å². The van der Waals surface area contributed by atoms with Crippen LogP contribution in [0.2, 0.25) is 0 Å². The second-order valence-corrected chi connectivity index (χ2v) is 9.46. The Morgan fingerprint density at radius 1 is 1.03 bits per heavy atom. The Kier molecular flexibility index (Phi) is 4.42. The van der Waals surface area contributed by atoms with E-state index >= 15 is 0 Å². The van der Waals surface area contributed by atoms with Crippen LogP contribution in [-0.2, 0) is 21.2 Å². The molecule has 3 aliphatic rings. The normalized spacial score (nSPS) is 24.6. The first-order valence-corrected chi connectivity index (χ1v) is 11.6. The molecule has 0 radical (unpaired) electrons. The number of benzene rings is 2. The number of nitrogens with zero attached hydrogens (tertiary/aromatic N) is 2. The van der Waals surface area contributed by atoms with E-state index in [0.717, 1.165) is 25.7 Å². The van der Waals surface area contributed by atoms with E-state index in [1.165, 1.54) is 11.1 Å². The molecule has 1 amide bonds. The number of likely N-dealkylation sites (tertiary alicyclic amines) is 1. The van der Waals surface area contributed by atoms with E-state index in [2.05, 4.69) is 21.8 Å². The number of carbonyl (C=O) groups is 1. The molecule has 150 valence electrons.